The van der Waals surface area contributed by atoms with Crippen molar-refractivity contribution < 1.29 is 1.37 Å². The third kappa shape index (κ3) is 1.80. The SMILES string of the molecule is [2H]CCCCCn1c2ccccc2c2ccccc21. The van der Waals surface area contributed by atoms with E-state index in [1.165, 1.54) is 21.8 Å². The van der Waals surface area contributed by atoms with Crippen molar-refractivity contribution in [2.24, 2.45) is 0 Å². The van der Waals surface area contributed by atoms with Gasteiger partial charge in [0.2, 0.25) is 0 Å². The van der Waals surface area contributed by atoms with Crippen LogP contribution in [-0.4, -0.2) is 4.57 Å². The highest BCUT2D eigenvalue weighted by Crippen LogP contribution is 2.28. The first kappa shape index (κ1) is 10.2. The molecule has 0 N–H and O–H groups in total. The Bertz CT molecular complexity index is 631. The van der Waals surface area contributed by atoms with E-state index in [9.17, 15) is 0 Å². The molecule has 0 aliphatic rings. The molecule has 2 aromatic carbocycles. The molecule has 0 bridgehead atoms. The van der Waals surface area contributed by atoms with E-state index < -0.39 is 0 Å². The molecule has 0 atom stereocenters. The lowest BCUT2D eigenvalue weighted by atomic mass is 10.2. The molecule has 0 unspecified atom stereocenters. The highest BCUT2D eigenvalue weighted by Gasteiger charge is 2.08. The smallest absolute Gasteiger partial charge is 0.0491 e. The van der Waals surface area contributed by atoms with Gasteiger partial charge in [-0.05, 0) is 18.6 Å². The minimum Gasteiger partial charge on any atom is -0.340 e. The van der Waals surface area contributed by atoms with Crippen molar-refractivity contribution in [3.05, 3.63) is 48.5 Å². The van der Waals surface area contributed by atoms with Crippen LogP contribution in [-0.2, 0) is 6.54 Å². The molecule has 1 heterocycles. The Morgan fingerprint density at radius 2 is 1.50 bits per heavy atom. The van der Waals surface area contributed by atoms with Crippen LogP contribution in [0.3, 0.4) is 0 Å². The van der Waals surface area contributed by atoms with Gasteiger partial charge in [-0.3, -0.25) is 0 Å². The molecule has 0 aliphatic heterocycles. The lowest BCUT2D eigenvalue weighted by Crippen LogP contribution is -1.97. The standard InChI is InChI=1S/C17H19N/c1-2-3-8-13-18-16-11-6-4-9-14(16)15-10-5-7-12-17(15)18/h4-7,9-12H,2-3,8,13H2,1H3/i1D. The lowest BCUT2D eigenvalue weighted by molar-refractivity contribution is 0.627. The average molecular weight is 238 g/mol. The van der Waals surface area contributed by atoms with Crippen molar-refractivity contribution in [2.75, 3.05) is 0 Å². The quantitative estimate of drug-likeness (QED) is 0.565. The number of hydrogen-bond donors (Lipinski definition) is 0. The van der Waals surface area contributed by atoms with Crippen LogP contribution in [0.25, 0.3) is 21.8 Å². The average Bonchev–Trinajstić information content (AvgIpc) is 2.78. The second-order valence-corrected chi connectivity index (χ2v) is 4.75. The molecule has 0 saturated carbocycles. The fraction of sp³-hybridized carbons (Fsp3) is 0.294. The molecule has 3 aromatic rings. The van der Waals surface area contributed by atoms with Gasteiger partial charge in [0.1, 0.15) is 0 Å². The van der Waals surface area contributed by atoms with Gasteiger partial charge in [-0.2, -0.15) is 0 Å². The van der Waals surface area contributed by atoms with Gasteiger partial charge in [-0.1, -0.05) is 56.1 Å². The van der Waals surface area contributed by atoms with E-state index >= 15 is 0 Å². The third-order valence-electron chi connectivity index (χ3n) is 3.56. The highest BCUT2D eigenvalue weighted by atomic mass is 15.0. The van der Waals surface area contributed by atoms with E-state index in [4.69, 9.17) is 1.37 Å². The van der Waals surface area contributed by atoms with Crippen molar-refractivity contribution in [2.45, 2.75) is 32.7 Å². The number of benzene rings is 2. The molecule has 18 heavy (non-hydrogen) atoms. The Hall–Kier alpha value is -1.76. The second-order valence-electron chi connectivity index (χ2n) is 4.75. The molecule has 0 radical (unpaired) electrons. The number of aromatic nitrogens is 1. The number of aryl methyl sites for hydroxylation is 1. The van der Waals surface area contributed by atoms with E-state index in [0.29, 0.717) is 6.90 Å². The minimum absolute atomic E-state index is 0.549. The first-order valence-electron chi connectivity index (χ1n) is 7.38. The maximum atomic E-state index is 7.21. The van der Waals surface area contributed by atoms with Crippen LogP contribution in [0.4, 0.5) is 0 Å². The van der Waals surface area contributed by atoms with Crippen LogP contribution in [0.1, 0.15) is 27.5 Å². The predicted molar refractivity (Wildman–Crippen MR) is 79.0 cm³/mol. The summed E-state index contributed by atoms with van der Waals surface area (Å²) in [4.78, 5) is 0. The minimum atomic E-state index is 0.549. The second kappa shape index (κ2) is 4.85. The van der Waals surface area contributed by atoms with Crippen LogP contribution >= 0.6 is 0 Å². The van der Waals surface area contributed by atoms with Crippen molar-refractivity contribution in [1.82, 2.24) is 4.57 Å². The first-order chi connectivity index (χ1) is 9.42. The molecule has 0 aliphatic carbocycles. The zero-order chi connectivity index (χ0) is 13.1. The van der Waals surface area contributed by atoms with Crippen molar-refractivity contribution in [3.8, 4) is 0 Å². The fourth-order valence-electron chi connectivity index (χ4n) is 2.69. The zero-order valence-electron chi connectivity index (χ0n) is 11.6. The molecule has 3 rings (SSSR count). The van der Waals surface area contributed by atoms with Crippen LogP contribution < -0.4 is 0 Å². The van der Waals surface area contributed by atoms with Gasteiger partial charge in [0, 0.05) is 29.7 Å². The lowest BCUT2D eigenvalue weighted by Gasteiger charge is -2.06. The number of fused-ring (bicyclic) bond motifs is 3. The third-order valence-corrected chi connectivity index (χ3v) is 3.56. The zero-order valence-corrected chi connectivity index (χ0v) is 10.6. The van der Waals surface area contributed by atoms with E-state index in [1.807, 2.05) is 0 Å². The fourth-order valence-corrected chi connectivity index (χ4v) is 2.69. The van der Waals surface area contributed by atoms with Crippen LogP contribution in [0.15, 0.2) is 48.5 Å². The predicted octanol–water partition coefficient (Wildman–Crippen LogP) is 4.98. The van der Waals surface area contributed by atoms with Gasteiger partial charge in [-0.15, -0.1) is 0 Å². The van der Waals surface area contributed by atoms with Gasteiger partial charge in [-0.25, -0.2) is 0 Å². The highest BCUT2D eigenvalue weighted by molar-refractivity contribution is 6.07. The van der Waals surface area contributed by atoms with Crippen molar-refractivity contribution >= 4 is 21.8 Å². The molecule has 1 nitrogen and oxygen atoms in total. The number of rotatable bonds is 4. The largest absolute Gasteiger partial charge is 0.340 e. The Kier molecular flexibility index (Phi) is 2.75. The van der Waals surface area contributed by atoms with Crippen molar-refractivity contribution in [1.29, 1.82) is 0 Å². The van der Waals surface area contributed by atoms with Gasteiger partial charge >= 0.3 is 0 Å². The van der Waals surface area contributed by atoms with E-state index in [-0.39, 0.29) is 0 Å². The molecule has 0 saturated heterocycles. The summed E-state index contributed by atoms with van der Waals surface area (Å²) in [5.41, 5.74) is 2.66. The topological polar surface area (TPSA) is 4.93 Å². The monoisotopic (exact) mass is 238 g/mol. The van der Waals surface area contributed by atoms with E-state index in [0.717, 1.165) is 25.8 Å². The Morgan fingerprint density at radius 3 is 2.11 bits per heavy atom. The van der Waals surface area contributed by atoms with Crippen molar-refractivity contribution in [3.63, 3.8) is 0 Å². The van der Waals surface area contributed by atoms with Gasteiger partial charge in [0.25, 0.3) is 0 Å². The summed E-state index contributed by atoms with van der Waals surface area (Å²) in [6.07, 6.45) is 3.31. The van der Waals surface area contributed by atoms with E-state index in [2.05, 4.69) is 53.1 Å². The summed E-state index contributed by atoms with van der Waals surface area (Å²) in [5, 5.41) is 2.69. The summed E-state index contributed by atoms with van der Waals surface area (Å²) < 4.78 is 9.64. The number of hydrogen-bond acceptors (Lipinski definition) is 0. The molecule has 1 aromatic heterocycles. The molecular formula is C17H19N. The number of para-hydroxylation sites is 2. The summed E-state index contributed by atoms with van der Waals surface area (Å²) in [5.74, 6) is 0. The van der Waals surface area contributed by atoms with Gasteiger partial charge < -0.3 is 4.57 Å². The summed E-state index contributed by atoms with van der Waals surface area (Å²) in [7, 11) is 0. The summed E-state index contributed by atoms with van der Waals surface area (Å²) in [6, 6.07) is 17.3. The van der Waals surface area contributed by atoms with Crippen LogP contribution in [0, 0.1) is 0 Å². The number of nitrogens with zero attached hydrogens (tertiary/aromatic N) is 1. The maximum absolute atomic E-state index is 7.21. The van der Waals surface area contributed by atoms with Crippen LogP contribution in [0.5, 0.6) is 0 Å². The Balaban J connectivity index is 2.04. The normalized spacial score (nSPS) is 12.1. The molecule has 0 fully saturated rings. The molecular weight excluding hydrogens is 218 g/mol. The summed E-state index contributed by atoms with van der Waals surface area (Å²) in [6.45, 7) is 1.60. The molecule has 1 heteroatoms. The molecule has 92 valence electrons. The maximum Gasteiger partial charge on any atom is 0.0491 e. The molecule has 0 amide bonds. The molecule has 0 spiro atoms. The number of unbranched alkanes of at least 4 members (excludes halogenated alkanes) is 2. The van der Waals surface area contributed by atoms with E-state index in [1.54, 1.807) is 0 Å². The van der Waals surface area contributed by atoms with Crippen LogP contribution in [0.2, 0.25) is 0 Å². The van der Waals surface area contributed by atoms with Gasteiger partial charge in [0.15, 0.2) is 0 Å². The first-order valence-corrected chi connectivity index (χ1v) is 6.67. The summed E-state index contributed by atoms with van der Waals surface area (Å²) >= 11 is 0. The Labute approximate surface area is 109 Å². The van der Waals surface area contributed by atoms with Gasteiger partial charge in [0.05, 0.1) is 0 Å². The Morgan fingerprint density at radius 1 is 0.889 bits per heavy atom.